The number of alkyl halides is 2. The normalized spacial score (nSPS) is 19.1. The molecule has 0 saturated carbocycles. The number of ether oxygens (including phenoxy) is 3. The van der Waals surface area contributed by atoms with E-state index < -0.39 is 48.1 Å². The van der Waals surface area contributed by atoms with E-state index in [1.165, 1.54) is 24.3 Å². The highest BCUT2D eigenvalue weighted by atomic mass is 19.3. The molecule has 3 aromatic carbocycles. The fourth-order valence-electron chi connectivity index (χ4n) is 8.61. The maximum atomic E-state index is 15.9. The number of methoxy groups -OCH3 is 1. The van der Waals surface area contributed by atoms with Crippen LogP contribution in [0.4, 0.5) is 29.5 Å². The quantitative estimate of drug-likeness (QED) is 0.0869. The minimum atomic E-state index is -2.99. The number of rotatable bonds is 13. The third kappa shape index (κ3) is 8.90. The van der Waals surface area contributed by atoms with Gasteiger partial charge in [0.05, 0.1) is 44.0 Å². The Labute approximate surface area is 367 Å². The number of amidine groups is 1. The molecule has 19 heteroatoms. The van der Waals surface area contributed by atoms with Crippen LogP contribution in [0.25, 0.3) is 0 Å². The van der Waals surface area contributed by atoms with Crippen molar-refractivity contribution in [3.05, 3.63) is 100 Å². The zero-order chi connectivity index (χ0) is 45.3. The highest BCUT2D eigenvalue weighted by molar-refractivity contribution is 6.21. The topological polar surface area (TPSA) is 173 Å². The number of carbonyl (C=O) groups is 4. The Morgan fingerprint density at radius 1 is 0.891 bits per heavy atom. The third-order valence-electron chi connectivity index (χ3n) is 11.9. The number of carbonyl (C=O) groups excluding carboxylic acids is 4. The summed E-state index contributed by atoms with van der Waals surface area (Å²) in [6, 6.07) is 14.4. The number of anilines is 2. The number of nitrogens with one attached hydrogen (secondary N) is 3. The summed E-state index contributed by atoms with van der Waals surface area (Å²) in [6.07, 6.45) is 1.70. The van der Waals surface area contributed by atoms with Crippen LogP contribution in [0.2, 0.25) is 0 Å². The van der Waals surface area contributed by atoms with Crippen molar-refractivity contribution < 1.29 is 46.6 Å². The van der Waals surface area contributed by atoms with Crippen molar-refractivity contribution in [3.8, 4) is 23.0 Å². The molecule has 3 N–H and O–H groups in total. The van der Waals surface area contributed by atoms with Crippen molar-refractivity contribution in [1.29, 1.82) is 5.41 Å². The first-order valence-corrected chi connectivity index (χ1v) is 21.0. The predicted octanol–water partition coefficient (Wildman–Crippen LogP) is 5.56. The molecule has 8 rings (SSSR count). The highest BCUT2D eigenvalue weighted by Gasteiger charge is 2.48. The van der Waals surface area contributed by atoms with Crippen LogP contribution < -0.4 is 29.7 Å². The number of likely N-dealkylation sites (tertiary alicyclic amines) is 1. The monoisotopic (exact) mass is 883 g/mol. The van der Waals surface area contributed by atoms with Crippen molar-refractivity contribution in [2.24, 2.45) is 0 Å². The molecule has 5 heterocycles. The number of fused-ring (bicyclic) bond motifs is 1. The van der Waals surface area contributed by atoms with E-state index in [-0.39, 0.29) is 60.8 Å². The number of nitrogens with zero attached hydrogens (tertiary/aromatic N) is 6. The van der Waals surface area contributed by atoms with Crippen LogP contribution in [0.5, 0.6) is 23.0 Å². The van der Waals surface area contributed by atoms with E-state index in [1.807, 2.05) is 16.7 Å². The van der Waals surface area contributed by atoms with Gasteiger partial charge in [-0.25, -0.2) is 22.9 Å². The van der Waals surface area contributed by atoms with Crippen LogP contribution in [0, 0.1) is 11.2 Å². The van der Waals surface area contributed by atoms with Crippen molar-refractivity contribution in [2.45, 2.75) is 44.8 Å². The number of amides is 5. The molecule has 4 aromatic rings. The van der Waals surface area contributed by atoms with Gasteiger partial charge in [0.25, 0.3) is 17.7 Å². The molecule has 16 nitrogen and oxygen atoms in total. The van der Waals surface area contributed by atoms with E-state index >= 15 is 13.2 Å². The first-order chi connectivity index (χ1) is 30.8. The molecule has 3 saturated heterocycles. The number of imide groups is 2. The summed E-state index contributed by atoms with van der Waals surface area (Å²) in [5, 5.41) is 13.6. The summed E-state index contributed by atoms with van der Waals surface area (Å²) in [7, 11) is 3.12. The second-order valence-corrected chi connectivity index (χ2v) is 15.9. The molecule has 4 aliphatic rings. The second kappa shape index (κ2) is 18.2. The number of pyridine rings is 1. The molecule has 5 amide bonds. The number of aromatic nitrogens is 1. The van der Waals surface area contributed by atoms with Gasteiger partial charge < -0.3 is 24.4 Å². The molecule has 0 spiro atoms. The maximum absolute atomic E-state index is 15.9. The number of piperazine rings is 1. The van der Waals surface area contributed by atoms with Gasteiger partial charge >= 0.3 is 6.03 Å². The lowest BCUT2D eigenvalue weighted by molar-refractivity contribution is -0.129. The van der Waals surface area contributed by atoms with Gasteiger partial charge in [-0.2, -0.15) is 0 Å². The summed E-state index contributed by atoms with van der Waals surface area (Å²) in [6.45, 7) is 4.20. The summed E-state index contributed by atoms with van der Waals surface area (Å²) in [5.74, 6) is -3.61. The molecule has 1 unspecified atom stereocenters. The van der Waals surface area contributed by atoms with Gasteiger partial charge in [-0.1, -0.05) is 18.2 Å². The Hall–Kier alpha value is -6.73. The second-order valence-electron chi connectivity index (χ2n) is 15.9. The van der Waals surface area contributed by atoms with Crippen molar-refractivity contribution in [2.75, 3.05) is 76.8 Å². The molecule has 0 radical (unpaired) electrons. The molecule has 0 aliphatic carbocycles. The van der Waals surface area contributed by atoms with Crippen LogP contribution in [-0.2, 0) is 17.9 Å². The zero-order valence-corrected chi connectivity index (χ0v) is 35.6. The largest absolute Gasteiger partial charge is 0.493 e. The SMILES string of the molecule is CCOc1cc(CN2C(=O)c3cnc(N4CCN(C5CCN(Cc6ccc(Oc7cc(NC)c(C(=N)N8CCC(=O)NC8=O)cc7F)cc6)CC5(F)F)CC4)cc3C2=O)ccc1OC. The Bertz CT molecular complexity index is 2480. The number of hydrogen-bond acceptors (Lipinski definition) is 13. The van der Waals surface area contributed by atoms with E-state index in [2.05, 4.69) is 15.6 Å². The smallest absolute Gasteiger partial charge is 0.329 e. The van der Waals surface area contributed by atoms with Crippen molar-refractivity contribution in [3.63, 3.8) is 0 Å². The zero-order valence-electron chi connectivity index (χ0n) is 35.6. The van der Waals surface area contributed by atoms with E-state index in [0.29, 0.717) is 73.6 Å². The summed E-state index contributed by atoms with van der Waals surface area (Å²) < 4.78 is 63.9. The molecule has 1 aromatic heterocycles. The molecule has 64 heavy (non-hydrogen) atoms. The summed E-state index contributed by atoms with van der Waals surface area (Å²) >= 11 is 0. The summed E-state index contributed by atoms with van der Waals surface area (Å²) in [4.78, 5) is 62.9. The Morgan fingerprint density at radius 2 is 1.62 bits per heavy atom. The van der Waals surface area contributed by atoms with Gasteiger partial charge in [0, 0.05) is 82.8 Å². The van der Waals surface area contributed by atoms with E-state index in [0.717, 1.165) is 16.5 Å². The lowest BCUT2D eigenvalue weighted by Gasteiger charge is -2.46. The number of urea groups is 1. The average molecular weight is 884 g/mol. The number of hydrogen-bond donors (Lipinski definition) is 3. The number of halogens is 3. The molecule has 3 fully saturated rings. The maximum Gasteiger partial charge on any atom is 0.329 e. The molecular weight excluding hydrogens is 836 g/mol. The molecule has 0 bridgehead atoms. The van der Waals surface area contributed by atoms with Gasteiger partial charge in [0.2, 0.25) is 5.91 Å². The van der Waals surface area contributed by atoms with E-state index in [1.54, 1.807) is 60.5 Å². The summed E-state index contributed by atoms with van der Waals surface area (Å²) in [5.41, 5.74) is 2.37. The van der Waals surface area contributed by atoms with Gasteiger partial charge in [0.1, 0.15) is 17.4 Å². The predicted molar refractivity (Wildman–Crippen MR) is 229 cm³/mol. The minimum Gasteiger partial charge on any atom is -0.493 e. The molecule has 4 aliphatic heterocycles. The van der Waals surface area contributed by atoms with E-state index in [4.69, 9.17) is 19.6 Å². The first-order valence-electron chi connectivity index (χ1n) is 21.0. The van der Waals surface area contributed by atoms with Gasteiger partial charge in [-0.05, 0) is 60.9 Å². The van der Waals surface area contributed by atoms with Crippen LogP contribution in [0.1, 0.15) is 57.2 Å². The van der Waals surface area contributed by atoms with Crippen LogP contribution >= 0.6 is 0 Å². The lowest BCUT2D eigenvalue weighted by Crippen LogP contribution is -2.61. The molecular formula is C45H48F3N9O7. The molecule has 336 valence electrons. The third-order valence-corrected chi connectivity index (χ3v) is 11.9. The fourth-order valence-corrected chi connectivity index (χ4v) is 8.61. The van der Waals surface area contributed by atoms with Crippen LogP contribution in [0.15, 0.2) is 66.9 Å². The van der Waals surface area contributed by atoms with E-state index in [9.17, 15) is 19.2 Å². The Balaban J connectivity index is 0.833. The van der Waals surface area contributed by atoms with Gasteiger partial charge in [-0.3, -0.25) is 44.7 Å². The highest BCUT2D eigenvalue weighted by Crippen LogP contribution is 2.36. The minimum absolute atomic E-state index is 0.0101. The standard InChI is InChI=1S/C45H48F3N9O7/c1-4-63-37-19-28(7-10-35(37)62-3)25-57-42(59)30-21-39(51-23-32(30)43(57)60)55-17-15-54(16-18-55)38-11-13-53(26-45(38,47)48)24-27-5-8-29(9-6-27)64-36-22-34(50-2)31(20-33(36)46)41(49)56-14-12-40(58)52-44(56)61/h5-10,19-23,38,49-50H,4,11-18,24-26H2,1-3H3,(H,52,58,61). The van der Waals surface area contributed by atoms with Crippen molar-refractivity contribution >= 4 is 41.1 Å². The van der Waals surface area contributed by atoms with Crippen molar-refractivity contribution in [1.82, 2.24) is 29.9 Å². The van der Waals surface area contributed by atoms with Crippen LogP contribution in [0.3, 0.4) is 0 Å². The fraction of sp³-hybridized carbons (Fsp3) is 0.378. The Morgan fingerprint density at radius 3 is 2.31 bits per heavy atom. The van der Waals surface area contributed by atoms with Gasteiger partial charge in [0.15, 0.2) is 23.1 Å². The molecule has 1 atom stereocenters. The number of piperidine rings is 1. The van der Waals surface area contributed by atoms with Crippen LogP contribution in [-0.4, -0.2) is 133 Å². The Kier molecular flexibility index (Phi) is 12.5. The number of benzene rings is 3. The lowest BCUT2D eigenvalue weighted by atomic mass is 9.97. The average Bonchev–Trinajstić information content (AvgIpc) is 3.51. The van der Waals surface area contributed by atoms with Gasteiger partial charge in [-0.15, -0.1) is 0 Å². The first kappa shape index (κ1) is 43.9.